The fraction of sp³-hybridized carbons (Fsp3) is 0.500. The number of carbonyl (C=O) groups is 6. The number of aromatic nitrogens is 2. The molecule has 4 aliphatic heterocycles. The molecule has 5 heterocycles. The molecule has 14 nitrogen and oxygen atoms in total. The SMILES string of the molecule is Cn1c(=O)n(C2CCC(=O)NC2=O)c2ccc(C(=O)CC3CCN(C(=O)C4CCC(NC(=O)[C@@H]5NC6(CCCCC6)[C@@]6(C(=O)Nc7cc(Cl)ccc76)[C@H]5c5cccc(Cl)c5F)CC4)CC3)cc21. The van der Waals surface area contributed by atoms with Crippen molar-refractivity contribution in [1.82, 2.24) is 30.0 Å². The van der Waals surface area contributed by atoms with Crippen LogP contribution in [0.5, 0.6) is 0 Å². The average molecular weight is 955 g/mol. The van der Waals surface area contributed by atoms with Crippen LogP contribution in [-0.2, 0) is 36.4 Å². The van der Waals surface area contributed by atoms with E-state index in [-0.39, 0.29) is 70.7 Å². The lowest BCUT2D eigenvalue weighted by molar-refractivity contribution is -0.138. The first-order valence-corrected chi connectivity index (χ1v) is 24.5. The fourth-order valence-corrected chi connectivity index (χ4v) is 13.1. The number of ketones is 1. The van der Waals surface area contributed by atoms with Gasteiger partial charge in [-0.05, 0) is 111 Å². The van der Waals surface area contributed by atoms with Crippen LogP contribution in [0.3, 0.4) is 0 Å². The zero-order chi connectivity index (χ0) is 46.9. The van der Waals surface area contributed by atoms with Gasteiger partial charge in [-0.15, -0.1) is 0 Å². The van der Waals surface area contributed by atoms with Crippen molar-refractivity contribution >= 4 is 75.2 Å². The number of likely N-dealkylation sites (tertiary alicyclic amines) is 1. The second kappa shape index (κ2) is 17.6. The van der Waals surface area contributed by atoms with Crippen molar-refractivity contribution in [2.24, 2.45) is 18.9 Å². The number of imide groups is 1. The molecule has 4 aromatic rings. The average Bonchev–Trinajstić information content (AvgIpc) is 3.87. The van der Waals surface area contributed by atoms with Crippen LogP contribution in [0.4, 0.5) is 10.1 Å². The summed E-state index contributed by atoms with van der Waals surface area (Å²) in [5.74, 6) is -3.17. The summed E-state index contributed by atoms with van der Waals surface area (Å²) < 4.78 is 19.2. The van der Waals surface area contributed by atoms with Crippen LogP contribution in [0.2, 0.25) is 10.0 Å². The van der Waals surface area contributed by atoms with Gasteiger partial charge in [-0.2, -0.15) is 0 Å². The number of imidazole rings is 1. The molecule has 2 aliphatic carbocycles. The molecule has 10 rings (SSSR count). The molecular formula is C50H54Cl2FN7O7. The van der Waals surface area contributed by atoms with Crippen LogP contribution in [-0.4, -0.2) is 80.1 Å². The molecule has 3 aromatic carbocycles. The molecule has 4 N–H and O–H groups in total. The van der Waals surface area contributed by atoms with Crippen LogP contribution in [0.25, 0.3) is 11.0 Å². The maximum absolute atomic E-state index is 16.3. The van der Waals surface area contributed by atoms with Crippen LogP contribution < -0.4 is 27.0 Å². The molecule has 67 heavy (non-hydrogen) atoms. The Hall–Kier alpha value is -5.38. The highest BCUT2D eigenvalue weighted by molar-refractivity contribution is 6.31. The highest BCUT2D eigenvalue weighted by Crippen LogP contribution is 2.63. The number of hydrogen-bond acceptors (Lipinski definition) is 8. The molecule has 1 aromatic heterocycles. The summed E-state index contributed by atoms with van der Waals surface area (Å²) in [5.41, 5.74) is 0.406. The van der Waals surface area contributed by atoms with E-state index in [9.17, 15) is 33.6 Å². The summed E-state index contributed by atoms with van der Waals surface area (Å²) in [7, 11) is 1.60. The van der Waals surface area contributed by atoms with Gasteiger partial charge in [0.05, 0.1) is 22.1 Å². The first-order chi connectivity index (χ1) is 32.2. The minimum atomic E-state index is -1.32. The van der Waals surface area contributed by atoms with E-state index in [2.05, 4.69) is 21.3 Å². The third-order valence-electron chi connectivity index (χ3n) is 16.1. The van der Waals surface area contributed by atoms with E-state index in [0.717, 1.165) is 19.3 Å². The molecule has 0 bridgehead atoms. The summed E-state index contributed by atoms with van der Waals surface area (Å²) in [6.45, 7) is 1.08. The van der Waals surface area contributed by atoms with E-state index in [1.165, 1.54) is 15.2 Å². The quantitative estimate of drug-likeness (QED) is 0.113. The minimum absolute atomic E-state index is 0.0598. The minimum Gasteiger partial charge on any atom is -0.352 e. The highest BCUT2D eigenvalue weighted by Gasteiger charge is 2.72. The number of benzene rings is 3. The van der Waals surface area contributed by atoms with Crippen molar-refractivity contribution in [3.05, 3.63) is 97.6 Å². The van der Waals surface area contributed by atoms with Gasteiger partial charge in [0.2, 0.25) is 29.5 Å². The zero-order valence-corrected chi connectivity index (χ0v) is 38.8. The molecule has 5 amide bonds. The van der Waals surface area contributed by atoms with Crippen molar-refractivity contribution in [2.45, 2.75) is 125 Å². The summed E-state index contributed by atoms with van der Waals surface area (Å²) >= 11 is 12.8. The number of hydrogen-bond donors (Lipinski definition) is 4. The maximum atomic E-state index is 16.3. The molecule has 5 fully saturated rings. The Bertz CT molecular complexity index is 2790. The van der Waals surface area contributed by atoms with Crippen molar-refractivity contribution < 1.29 is 33.2 Å². The molecule has 3 saturated heterocycles. The predicted octanol–water partition coefficient (Wildman–Crippen LogP) is 6.60. The molecule has 4 atom stereocenters. The number of Topliss-reactive ketones (excluding diaryl/α,β-unsaturated/α-hetero) is 1. The Morgan fingerprint density at radius 2 is 1.60 bits per heavy atom. The maximum Gasteiger partial charge on any atom is 0.329 e. The summed E-state index contributed by atoms with van der Waals surface area (Å²) in [4.78, 5) is 96.4. The van der Waals surface area contributed by atoms with Crippen molar-refractivity contribution in [2.75, 3.05) is 18.4 Å². The van der Waals surface area contributed by atoms with Crippen molar-refractivity contribution in [3.8, 4) is 0 Å². The first-order valence-electron chi connectivity index (χ1n) is 23.7. The Kier molecular flexibility index (Phi) is 11.9. The number of rotatable bonds is 8. The van der Waals surface area contributed by atoms with Gasteiger partial charge in [-0.25, -0.2) is 9.18 Å². The van der Waals surface area contributed by atoms with Gasteiger partial charge in [0, 0.05) is 72.7 Å². The Morgan fingerprint density at radius 3 is 2.33 bits per heavy atom. The lowest BCUT2D eigenvalue weighted by Gasteiger charge is -2.47. The Balaban J connectivity index is 0.778. The van der Waals surface area contributed by atoms with E-state index in [1.54, 1.807) is 49.5 Å². The lowest BCUT2D eigenvalue weighted by Crippen LogP contribution is -2.60. The van der Waals surface area contributed by atoms with Gasteiger partial charge in [0.1, 0.15) is 17.3 Å². The molecule has 352 valence electrons. The second-order valence-corrected chi connectivity index (χ2v) is 20.5. The van der Waals surface area contributed by atoms with Gasteiger partial charge >= 0.3 is 5.69 Å². The van der Waals surface area contributed by atoms with Gasteiger partial charge in [0.25, 0.3) is 0 Å². The Labute approximate surface area is 396 Å². The number of anilines is 1. The largest absolute Gasteiger partial charge is 0.352 e. The third-order valence-corrected chi connectivity index (χ3v) is 16.6. The van der Waals surface area contributed by atoms with Crippen molar-refractivity contribution in [3.63, 3.8) is 0 Å². The number of fused-ring (bicyclic) bond motifs is 4. The van der Waals surface area contributed by atoms with Gasteiger partial charge < -0.3 is 15.5 Å². The monoisotopic (exact) mass is 953 g/mol. The number of halogens is 3. The van der Waals surface area contributed by atoms with Gasteiger partial charge in [-0.1, -0.05) is 60.7 Å². The third kappa shape index (κ3) is 7.59. The molecule has 0 radical (unpaired) electrons. The van der Waals surface area contributed by atoms with E-state index >= 15 is 4.39 Å². The number of carbonyl (C=O) groups excluding carboxylic acids is 6. The summed E-state index contributed by atoms with van der Waals surface area (Å²) in [6, 6.07) is 13.1. The van der Waals surface area contributed by atoms with Crippen LogP contribution in [0.1, 0.15) is 123 Å². The van der Waals surface area contributed by atoms with E-state index in [0.29, 0.717) is 104 Å². The lowest BCUT2D eigenvalue weighted by atomic mass is 9.55. The summed E-state index contributed by atoms with van der Waals surface area (Å²) in [6.07, 6.45) is 8.26. The molecule has 2 saturated carbocycles. The van der Waals surface area contributed by atoms with Crippen LogP contribution in [0.15, 0.2) is 59.4 Å². The van der Waals surface area contributed by atoms with Gasteiger partial charge in [0.15, 0.2) is 5.78 Å². The van der Waals surface area contributed by atoms with E-state index < -0.39 is 46.4 Å². The second-order valence-electron chi connectivity index (χ2n) is 19.7. The standard InChI is InChI=1S/C50H54Cl2FN7O7/c1-58-38-25-29(10-15-36(38)60(48(58)67)37-16-17-40(62)56-44(37)63)39(61)24-27-18-22-59(23-19-27)46(65)28-8-12-31(13-9-28)54-45(64)43-41(32-6-5-7-34(52)42(32)53)50(49(57-43)20-3-2-4-21-49)33-14-11-30(51)26-35(33)55-47(50)66/h5-7,10-11,14-15,25-28,31,37,41,43,57H,2-4,8-9,12-13,16-24H2,1H3,(H,54,64)(H,55,66)(H,56,62,63)/t28?,31?,37?,41-,43+,50+/m0/s1. The zero-order valence-electron chi connectivity index (χ0n) is 37.3. The molecule has 2 spiro atoms. The molecular weight excluding hydrogens is 900 g/mol. The molecule has 1 unspecified atom stereocenters. The number of aryl methyl sites for hydroxylation is 1. The first kappa shape index (κ1) is 45.4. The van der Waals surface area contributed by atoms with Crippen LogP contribution in [0, 0.1) is 17.7 Å². The smallest absolute Gasteiger partial charge is 0.329 e. The number of amides is 5. The Morgan fingerprint density at radius 1 is 0.851 bits per heavy atom. The highest BCUT2D eigenvalue weighted by atomic mass is 35.5. The number of piperidine rings is 2. The van der Waals surface area contributed by atoms with E-state index in [1.807, 2.05) is 11.0 Å². The normalized spacial score (nSPS) is 27.3. The predicted molar refractivity (Wildman–Crippen MR) is 249 cm³/mol. The fourth-order valence-electron chi connectivity index (χ4n) is 12.8. The summed E-state index contributed by atoms with van der Waals surface area (Å²) in [5, 5.41) is 12.7. The van der Waals surface area contributed by atoms with Gasteiger partial charge in [-0.3, -0.25) is 48.5 Å². The van der Waals surface area contributed by atoms with E-state index in [4.69, 9.17) is 23.2 Å². The molecule has 17 heteroatoms. The number of nitrogens with zero attached hydrogens (tertiary/aromatic N) is 3. The van der Waals surface area contributed by atoms with Crippen LogP contribution >= 0.6 is 23.2 Å². The topological polar surface area (TPSA) is 181 Å². The van der Waals surface area contributed by atoms with Crippen molar-refractivity contribution in [1.29, 1.82) is 0 Å². The number of nitrogens with one attached hydrogen (secondary N) is 4. The molecule has 6 aliphatic rings.